The van der Waals surface area contributed by atoms with Gasteiger partial charge >= 0.3 is 5.97 Å². The van der Waals surface area contributed by atoms with Gasteiger partial charge in [0.05, 0.1) is 12.7 Å². The van der Waals surface area contributed by atoms with Crippen molar-refractivity contribution in [3.63, 3.8) is 0 Å². The van der Waals surface area contributed by atoms with Crippen LogP contribution in [0.5, 0.6) is 5.75 Å². The number of amides is 1. The average Bonchev–Trinajstić information content (AvgIpc) is 2.61. The summed E-state index contributed by atoms with van der Waals surface area (Å²) in [6.07, 6.45) is 0.918. The smallest absolute Gasteiger partial charge is 0.335 e. The highest BCUT2D eigenvalue weighted by Gasteiger charge is 2.10. The van der Waals surface area contributed by atoms with Crippen molar-refractivity contribution in [1.82, 2.24) is 0 Å². The third kappa shape index (κ3) is 5.17. The molecular weight excluding hydrogens is 334 g/mol. The molecule has 2 N–H and O–H groups in total. The van der Waals surface area contributed by atoms with Gasteiger partial charge in [0.15, 0.2) is 5.78 Å². The molecule has 0 aromatic heterocycles. The van der Waals surface area contributed by atoms with E-state index in [4.69, 9.17) is 9.84 Å². The van der Waals surface area contributed by atoms with Crippen LogP contribution in [0.2, 0.25) is 0 Å². The molecule has 0 saturated carbocycles. The number of aromatic carboxylic acids is 1. The summed E-state index contributed by atoms with van der Waals surface area (Å²) in [6.45, 7) is 1.67. The predicted octanol–water partition coefficient (Wildman–Crippen LogP) is 3.69. The summed E-state index contributed by atoms with van der Waals surface area (Å²) in [5.41, 5.74) is 1.91. The number of hydrogen-bond acceptors (Lipinski definition) is 4. The molecule has 2 aromatic carbocycles. The Morgan fingerprint density at radius 1 is 1.04 bits per heavy atom. The Kier molecular flexibility index (Phi) is 6.49. The zero-order valence-corrected chi connectivity index (χ0v) is 14.7. The molecule has 2 rings (SSSR count). The third-order valence-electron chi connectivity index (χ3n) is 3.96. The Labute approximate surface area is 151 Å². The standard InChI is InChI=1S/C20H21NO5/c1-13-12-15(8-11-17(13)20(24)25)21-19(23)5-3-4-18(22)14-6-9-16(26-2)10-7-14/h6-12H,3-5H2,1-2H3,(H,21,23)(H,24,25). The maximum Gasteiger partial charge on any atom is 0.335 e. The fourth-order valence-corrected chi connectivity index (χ4v) is 2.54. The second-order valence-corrected chi connectivity index (χ2v) is 5.89. The van der Waals surface area contributed by atoms with Gasteiger partial charge in [-0.25, -0.2) is 4.79 Å². The number of anilines is 1. The van der Waals surface area contributed by atoms with Crippen LogP contribution in [0.25, 0.3) is 0 Å². The molecule has 0 unspecified atom stereocenters. The molecular formula is C20H21NO5. The highest BCUT2D eigenvalue weighted by molar-refractivity contribution is 5.97. The van der Waals surface area contributed by atoms with E-state index < -0.39 is 5.97 Å². The highest BCUT2D eigenvalue weighted by Crippen LogP contribution is 2.17. The van der Waals surface area contributed by atoms with E-state index in [0.717, 1.165) is 0 Å². The average molecular weight is 355 g/mol. The Morgan fingerprint density at radius 3 is 2.31 bits per heavy atom. The highest BCUT2D eigenvalue weighted by atomic mass is 16.5. The molecule has 0 bridgehead atoms. The number of Topliss-reactive ketones (excluding diaryl/α,β-unsaturated/α-hetero) is 1. The minimum atomic E-state index is -1.00. The lowest BCUT2D eigenvalue weighted by Gasteiger charge is -2.08. The normalized spacial score (nSPS) is 10.2. The zero-order chi connectivity index (χ0) is 19.1. The summed E-state index contributed by atoms with van der Waals surface area (Å²) in [4.78, 5) is 35.1. The molecule has 0 saturated heterocycles. The molecule has 1 amide bonds. The number of aryl methyl sites for hydroxylation is 1. The fourth-order valence-electron chi connectivity index (χ4n) is 2.54. The third-order valence-corrected chi connectivity index (χ3v) is 3.96. The Hall–Kier alpha value is -3.15. The number of ether oxygens (including phenoxy) is 1. The van der Waals surface area contributed by atoms with Gasteiger partial charge in [-0.3, -0.25) is 9.59 Å². The van der Waals surface area contributed by atoms with Crippen LogP contribution < -0.4 is 10.1 Å². The van der Waals surface area contributed by atoms with Crippen LogP contribution in [0.3, 0.4) is 0 Å². The number of carboxylic acids is 1. The molecule has 2 aromatic rings. The minimum Gasteiger partial charge on any atom is -0.497 e. The number of nitrogens with one attached hydrogen (secondary N) is 1. The Bertz CT molecular complexity index is 811. The lowest BCUT2D eigenvalue weighted by atomic mass is 10.0. The van der Waals surface area contributed by atoms with Gasteiger partial charge in [0, 0.05) is 24.1 Å². The fraction of sp³-hybridized carbons (Fsp3) is 0.250. The van der Waals surface area contributed by atoms with Crippen LogP contribution in [0.4, 0.5) is 5.69 Å². The van der Waals surface area contributed by atoms with Crippen LogP contribution in [0.15, 0.2) is 42.5 Å². The van der Waals surface area contributed by atoms with Crippen molar-refractivity contribution in [2.75, 3.05) is 12.4 Å². The van der Waals surface area contributed by atoms with Crippen LogP contribution in [0.1, 0.15) is 45.5 Å². The Balaban J connectivity index is 1.82. The number of rotatable bonds is 8. The maximum absolute atomic E-state index is 12.1. The van der Waals surface area contributed by atoms with Gasteiger partial charge in [0.25, 0.3) is 0 Å². The van der Waals surface area contributed by atoms with Gasteiger partial charge in [-0.15, -0.1) is 0 Å². The summed E-state index contributed by atoms with van der Waals surface area (Å²) in [7, 11) is 1.56. The zero-order valence-electron chi connectivity index (χ0n) is 14.7. The number of ketones is 1. The number of carboxylic acid groups (broad SMARTS) is 1. The van der Waals surface area contributed by atoms with E-state index in [1.807, 2.05) is 0 Å². The van der Waals surface area contributed by atoms with Gasteiger partial charge in [-0.2, -0.15) is 0 Å². The molecule has 26 heavy (non-hydrogen) atoms. The molecule has 0 heterocycles. The first-order valence-corrected chi connectivity index (χ1v) is 8.21. The number of carbonyl (C=O) groups is 3. The molecule has 0 fully saturated rings. The van der Waals surface area contributed by atoms with E-state index in [1.165, 1.54) is 6.07 Å². The van der Waals surface area contributed by atoms with Gasteiger partial charge < -0.3 is 15.2 Å². The molecule has 0 atom stereocenters. The number of carbonyl (C=O) groups excluding carboxylic acids is 2. The van der Waals surface area contributed by atoms with Gasteiger partial charge in [-0.05, 0) is 61.4 Å². The number of benzene rings is 2. The molecule has 6 heteroatoms. The first-order valence-electron chi connectivity index (χ1n) is 8.21. The van der Waals surface area contributed by atoms with Crippen molar-refractivity contribution in [1.29, 1.82) is 0 Å². The van der Waals surface area contributed by atoms with Crippen molar-refractivity contribution < 1.29 is 24.2 Å². The first kappa shape index (κ1) is 19.2. The summed E-state index contributed by atoms with van der Waals surface area (Å²) < 4.78 is 5.05. The number of hydrogen-bond donors (Lipinski definition) is 2. The maximum atomic E-state index is 12.1. The van der Waals surface area contributed by atoms with E-state index in [0.29, 0.717) is 29.0 Å². The molecule has 0 aliphatic rings. The first-order chi connectivity index (χ1) is 12.4. The lowest BCUT2D eigenvalue weighted by molar-refractivity contribution is -0.116. The van der Waals surface area contributed by atoms with Crippen LogP contribution in [0, 0.1) is 6.92 Å². The summed E-state index contributed by atoms with van der Waals surface area (Å²) in [6, 6.07) is 11.5. The topological polar surface area (TPSA) is 92.7 Å². The Morgan fingerprint density at radius 2 is 1.73 bits per heavy atom. The lowest BCUT2D eigenvalue weighted by Crippen LogP contribution is -2.12. The van der Waals surface area contributed by atoms with Crippen molar-refractivity contribution in [2.24, 2.45) is 0 Å². The summed E-state index contributed by atoms with van der Waals surface area (Å²) in [5.74, 6) is -0.556. The van der Waals surface area contributed by atoms with E-state index >= 15 is 0 Å². The van der Waals surface area contributed by atoms with Gasteiger partial charge in [0.2, 0.25) is 5.91 Å². The quantitative estimate of drug-likeness (QED) is 0.705. The van der Waals surface area contributed by atoms with Crippen LogP contribution in [-0.4, -0.2) is 29.9 Å². The SMILES string of the molecule is COc1ccc(C(=O)CCCC(=O)Nc2ccc(C(=O)O)c(C)c2)cc1. The second kappa shape index (κ2) is 8.80. The van der Waals surface area contributed by atoms with E-state index in [9.17, 15) is 14.4 Å². The van der Waals surface area contributed by atoms with Crippen LogP contribution >= 0.6 is 0 Å². The van der Waals surface area contributed by atoms with Gasteiger partial charge in [-0.1, -0.05) is 0 Å². The minimum absolute atomic E-state index is 0.0258. The molecule has 0 aliphatic carbocycles. The largest absolute Gasteiger partial charge is 0.497 e. The van der Waals surface area contributed by atoms with Gasteiger partial charge in [0.1, 0.15) is 5.75 Å². The second-order valence-electron chi connectivity index (χ2n) is 5.89. The van der Waals surface area contributed by atoms with Crippen molar-refractivity contribution in [2.45, 2.75) is 26.2 Å². The monoisotopic (exact) mass is 355 g/mol. The van der Waals surface area contributed by atoms with Crippen LogP contribution in [-0.2, 0) is 4.79 Å². The van der Waals surface area contributed by atoms with Crippen molar-refractivity contribution >= 4 is 23.3 Å². The molecule has 6 nitrogen and oxygen atoms in total. The van der Waals surface area contributed by atoms with Crippen molar-refractivity contribution in [3.05, 3.63) is 59.2 Å². The molecule has 136 valence electrons. The predicted molar refractivity (Wildman–Crippen MR) is 97.9 cm³/mol. The summed E-state index contributed by atoms with van der Waals surface area (Å²) in [5, 5.41) is 11.7. The van der Waals surface area contributed by atoms with E-state index in [-0.39, 0.29) is 30.1 Å². The molecule has 0 aliphatic heterocycles. The molecule has 0 spiro atoms. The van der Waals surface area contributed by atoms with Crippen molar-refractivity contribution in [3.8, 4) is 5.75 Å². The van der Waals surface area contributed by atoms with E-state index in [2.05, 4.69) is 5.32 Å². The molecule has 0 radical (unpaired) electrons. The van der Waals surface area contributed by atoms with E-state index in [1.54, 1.807) is 50.4 Å². The number of methoxy groups -OCH3 is 1. The summed E-state index contributed by atoms with van der Waals surface area (Å²) >= 11 is 0.